The second-order valence-electron chi connectivity index (χ2n) is 6.76. The summed E-state index contributed by atoms with van der Waals surface area (Å²) in [7, 11) is 0. The van der Waals surface area contributed by atoms with Crippen LogP contribution in [0.4, 0.5) is 21.5 Å². The van der Waals surface area contributed by atoms with Gasteiger partial charge in [-0.25, -0.2) is 4.39 Å². The quantitative estimate of drug-likeness (QED) is 0.400. The average Bonchev–Trinajstić information content (AvgIpc) is 2.73. The van der Waals surface area contributed by atoms with Crippen molar-refractivity contribution >= 4 is 17.1 Å². The Morgan fingerprint density at radius 2 is 1.29 bits per heavy atom. The number of nitrogens with two attached hydrogens (primary N) is 1. The molecule has 0 saturated heterocycles. The molecule has 0 aliphatic heterocycles. The third-order valence-electron chi connectivity index (χ3n) is 4.73. The van der Waals surface area contributed by atoms with Gasteiger partial charge in [-0.2, -0.15) is 0 Å². The van der Waals surface area contributed by atoms with Gasteiger partial charge in [0.15, 0.2) is 0 Å². The fourth-order valence-electron chi connectivity index (χ4n) is 3.24. The first-order chi connectivity index (χ1) is 13.7. The molecule has 0 fully saturated rings. The van der Waals surface area contributed by atoms with Gasteiger partial charge in [0, 0.05) is 11.4 Å². The molecule has 0 amide bonds. The van der Waals surface area contributed by atoms with Gasteiger partial charge >= 0.3 is 0 Å². The van der Waals surface area contributed by atoms with E-state index in [0.717, 1.165) is 33.6 Å². The largest absolute Gasteiger partial charge is 0.396 e. The first kappa shape index (κ1) is 17.8. The summed E-state index contributed by atoms with van der Waals surface area (Å²) in [6, 6.07) is 31.4. The molecule has 28 heavy (non-hydrogen) atoms. The summed E-state index contributed by atoms with van der Waals surface area (Å²) in [4.78, 5) is 0. The molecule has 0 unspecified atom stereocenters. The maximum atomic E-state index is 14.5. The van der Waals surface area contributed by atoms with E-state index in [1.54, 1.807) is 0 Å². The lowest BCUT2D eigenvalue weighted by molar-refractivity contribution is 0.631. The van der Waals surface area contributed by atoms with Crippen molar-refractivity contribution in [3.8, 4) is 11.1 Å². The van der Waals surface area contributed by atoms with E-state index in [0.29, 0.717) is 6.42 Å². The molecule has 3 N–H and O–H groups in total. The van der Waals surface area contributed by atoms with Crippen LogP contribution in [0.25, 0.3) is 11.1 Å². The molecule has 0 heterocycles. The van der Waals surface area contributed by atoms with Gasteiger partial charge in [0.25, 0.3) is 0 Å². The topological polar surface area (TPSA) is 38.0 Å². The fraction of sp³-hybridized carbons (Fsp3) is 0.0400. The molecule has 3 heteroatoms. The van der Waals surface area contributed by atoms with Crippen LogP contribution in [0.2, 0.25) is 0 Å². The summed E-state index contributed by atoms with van der Waals surface area (Å²) in [5.74, 6) is -0.380. The van der Waals surface area contributed by atoms with Crippen LogP contribution >= 0.6 is 0 Å². The van der Waals surface area contributed by atoms with E-state index in [2.05, 4.69) is 5.32 Å². The molecule has 0 saturated carbocycles. The molecule has 138 valence electrons. The molecule has 0 spiro atoms. The zero-order chi connectivity index (χ0) is 19.3. The first-order valence-corrected chi connectivity index (χ1v) is 9.23. The zero-order valence-electron chi connectivity index (χ0n) is 15.4. The van der Waals surface area contributed by atoms with Gasteiger partial charge in [0.05, 0.1) is 5.69 Å². The first-order valence-electron chi connectivity index (χ1n) is 9.23. The van der Waals surface area contributed by atoms with Crippen molar-refractivity contribution in [1.29, 1.82) is 0 Å². The monoisotopic (exact) mass is 368 g/mol. The van der Waals surface area contributed by atoms with Crippen LogP contribution in [0.5, 0.6) is 0 Å². The summed E-state index contributed by atoms with van der Waals surface area (Å²) in [6.07, 6.45) is 0.602. The number of benzene rings is 4. The van der Waals surface area contributed by atoms with E-state index in [4.69, 9.17) is 5.73 Å². The van der Waals surface area contributed by atoms with Crippen LogP contribution in [0.15, 0.2) is 97.1 Å². The molecule has 4 aromatic rings. The second-order valence-corrected chi connectivity index (χ2v) is 6.76. The Kier molecular flexibility index (Phi) is 5.07. The molecule has 2 nitrogen and oxygen atoms in total. The minimum absolute atomic E-state index is 0.218. The minimum atomic E-state index is -0.380. The van der Waals surface area contributed by atoms with E-state index >= 15 is 0 Å². The number of hydrogen-bond acceptors (Lipinski definition) is 2. The van der Waals surface area contributed by atoms with Crippen molar-refractivity contribution in [3.05, 3.63) is 114 Å². The Bertz CT molecular complexity index is 1060. The number of para-hydroxylation sites is 1. The van der Waals surface area contributed by atoms with E-state index in [-0.39, 0.29) is 11.5 Å². The molecule has 0 aromatic heterocycles. The average molecular weight is 368 g/mol. The van der Waals surface area contributed by atoms with Gasteiger partial charge in [0.2, 0.25) is 0 Å². The molecular weight excluding hydrogens is 347 g/mol. The van der Waals surface area contributed by atoms with Crippen molar-refractivity contribution in [1.82, 2.24) is 0 Å². The van der Waals surface area contributed by atoms with Crippen molar-refractivity contribution in [2.45, 2.75) is 6.42 Å². The van der Waals surface area contributed by atoms with Crippen LogP contribution in [0.1, 0.15) is 11.1 Å². The van der Waals surface area contributed by atoms with Crippen LogP contribution in [-0.4, -0.2) is 0 Å². The lowest BCUT2D eigenvalue weighted by atomic mass is 9.97. The van der Waals surface area contributed by atoms with Crippen molar-refractivity contribution in [2.24, 2.45) is 0 Å². The van der Waals surface area contributed by atoms with Crippen LogP contribution < -0.4 is 11.1 Å². The number of hydrogen-bond donors (Lipinski definition) is 2. The smallest absolute Gasteiger partial charge is 0.146 e. The molecule has 0 aliphatic rings. The number of nitrogen functional groups attached to an aromatic ring is 1. The van der Waals surface area contributed by atoms with E-state index in [1.807, 2.05) is 91.0 Å². The Morgan fingerprint density at radius 3 is 1.96 bits per heavy atom. The summed E-state index contributed by atoms with van der Waals surface area (Å²) in [5, 5.41) is 3.35. The van der Waals surface area contributed by atoms with Crippen LogP contribution in [0, 0.1) is 5.82 Å². The highest BCUT2D eigenvalue weighted by Crippen LogP contribution is 2.29. The summed E-state index contributed by atoms with van der Waals surface area (Å²) in [6.45, 7) is 0. The second kappa shape index (κ2) is 7.97. The van der Waals surface area contributed by atoms with Crippen LogP contribution in [0.3, 0.4) is 0 Å². The van der Waals surface area contributed by atoms with E-state index < -0.39 is 0 Å². The van der Waals surface area contributed by atoms with Crippen molar-refractivity contribution < 1.29 is 4.39 Å². The summed E-state index contributed by atoms with van der Waals surface area (Å²) < 4.78 is 14.5. The van der Waals surface area contributed by atoms with Gasteiger partial charge in [-0.05, 0) is 65.1 Å². The van der Waals surface area contributed by atoms with Crippen molar-refractivity contribution in [2.75, 3.05) is 11.1 Å². The van der Waals surface area contributed by atoms with E-state index in [9.17, 15) is 4.39 Å². The Morgan fingerprint density at radius 1 is 0.679 bits per heavy atom. The van der Waals surface area contributed by atoms with Gasteiger partial charge in [-0.1, -0.05) is 60.7 Å². The minimum Gasteiger partial charge on any atom is -0.396 e. The third-order valence-corrected chi connectivity index (χ3v) is 4.73. The highest BCUT2D eigenvalue weighted by Gasteiger charge is 2.10. The standard InChI is InChI=1S/C25H21FN2/c26-24-17-20(16-21(25(24)27)15-18-7-3-1-4-8-18)19-11-13-23(14-12-19)28-22-9-5-2-6-10-22/h1-14,16-17,28H,15,27H2. The Balaban J connectivity index is 1.60. The molecule has 0 aliphatic carbocycles. The highest BCUT2D eigenvalue weighted by molar-refractivity contribution is 5.71. The normalized spacial score (nSPS) is 10.6. The van der Waals surface area contributed by atoms with Crippen LogP contribution in [-0.2, 0) is 6.42 Å². The number of anilines is 3. The molecule has 4 aromatic carbocycles. The van der Waals surface area contributed by atoms with E-state index in [1.165, 1.54) is 6.07 Å². The summed E-state index contributed by atoms with van der Waals surface area (Å²) >= 11 is 0. The third kappa shape index (κ3) is 4.04. The molecule has 0 radical (unpaired) electrons. The molecule has 0 atom stereocenters. The zero-order valence-corrected chi connectivity index (χ0v) is 15.4. The number of rotatable bonds is 5. The number of halogens is 1. The molecule has 4 rings (SSSR count). The lowest BCUT2D eigenvalue weighted by Crippen LogP contribution is -2.00. The predicted molar refractivity (Wildman–Crippen MR) is 115 cm³/mol. The van der Waals surface area contributed by atoms with Gasteiger partial charge < -0.3 is 11.1 Å². The van der Waals surface area contributed by atoms with Crippen molar-refractivity contribution in [3.63, 3.8) is 0 Å². The Labute approximate surface area is 164 Å². The lowest BCUT2D eigenvalue weighted by Gasteiger charge is -2.12. The Hall–Kier alpha value is -3.59. The van der Waals surface area contributed by atoms with Gasteiger partial charge in [-0.15, -0.1) is 0 Å². The summed E-state index contributed by atoms with van der Waals surface area (Å²) in [5.41, 5.74) is 11.9. The maximum absolute atomic E-state index is 14.5. The molecular formula is C25H21FN2. The SMILES string of the molecule is Nc1c(F)cc(-c2ccc(Nc3ccccc3)cc2)cc1Cc1ccccc1. The predicted octanol–water partition coefficient (Wildman–Crippen LogP) is 6.41. The maximum Gasteiger partial charge on any atom is 0.146 e. The highest BCUT2D eigenvalue weighted by atomic mass is 19.1. The van der Waals surface area contributed by atoms with Gasteiger partial charge in [-0.3, -0.25) is 0 Å². The fourth-order valence-corrected chi connectivity index (χ4v) is 3.24. The molecule has 0 bridgehead atoms. The van der Waals surface area contributed by atoms with Gasteiger partial charge in [0.1, 0.15) is 5.82 Å². The number of nitrogens with one attached hydrogen (secondary N) is 1.